The van der Waals surface area contributed by atoms with Crippen LogP contribution in [0.3, 0.4) is 0 Å². The van der Waals surface area contributed by atoms with Crippen molar-refractivity contribution in [3.8, 4) is 11.3 Å². The monoisotopic (exact) mass is 280 g/mol. The predicted molar refractivity (Wildman–Crippen MR) is 77.2 cm³/mol. The molecule has 0 fully saturated rings. The maximum absolute atomic E-state index is 13.8. The van der Waals surface area contributed by atoms with Crippen molar-refractivity contribution in [1.82, 2.24) is 9.55 Å². The van der Waals surface area contributed by atoms with E-state index in [-0.39, 0.29) is 18.5 Å². The minimum atomic E-state index is -0.331. The minimum Gasteiger partial charge on any atom is -0.392 e. The lowest BCUT2D eigenvalue weighted by molar-refractivity contribution is 0.281. The van der Waals surface area contributed by atoms with E-state index >= 15 is 0 Å². The van der Waals surface area contributed by atoms with Crippen LogP contribution in [0.1, 0.15) is 22.7 Å². The third-order valence-electron chi connectivity index (χ3n) is 3.95. The predicted octanol–water partition coefficient (Wildman–Crippen LogP) is 3.13. The van der Waals surface area contributed by atoms with Gasteiger partial charge in [0, 0.05) is 5.56 Å². The Morgan fingerprint density at radius 3 is 2.90 bits per heavy atom. The molecule has 1 N–H and O–H groups in total. The standard InChI is InChI=1S/C17H13FN2O/c18-13-6-11(9-21)5-12(7-13)17-15-4-2-1-3-14(15)16-8-19-10-20(16)17/h1-8,10,17,21H,9H2. The second-order valence-corrected chi connectivity index (χ2v) is 5.23. The fraction of sp³-hybridized carbons (Fsp3) is 0.118. The summed E-state index contributed by atoms with van der Waals surface area (Å²) in [6.07, 6.45) is 3.59. The Morgan fingerprint density at radius 1 is 1.19 bits per heavy atom. The van der Waals surface area contributed by atoms with E-state index < -0.39 is 0 Å². The largest absolute Gasteiger partial charge is 0.392 e. The number of fused-ring (bicyclic) bond motifs is 3. The number of benzene rings is 2. The van der Waals surface area contributed by atoms with Gasteiger partial charge in [-0.05, 0) is 28.8 Å². The van der Waals surface area contributed by atoms with Crippen LogP contribution in [-0.2, 0) is 6.61 Å². The molecule has 0 saturated heterocycles. The highest BCUT2D eigenvalue weighted by Crippen LogP contribution is 2.42. The number of nitrogens with zero attached hydrogens (tertiary/aromatic N) is 2. The van der Waals surface area contributed by atoms with Crippen molar-refractivity contribution in [2.45, 2.75) is 12.6 Å². The van der Waals surface area contributed by atoms with Gasteiger partial charge in [-0.3, -0.25) is 0 Å². The molecular weight excluding hydrogens is 267 g/mol. The lowest BCUT2D eigenvalue weighted by Gasteiger charge is -2.16. The van der Waals surface area contributed by atoms with Crippen molar-refractivity contribution in [3.05, 3.63) is 77.5 Å². The maximum Gasteiger partial charge on any atom is 0.123 e. The fourth-order valence-corrected chi connectivity index (χ4v) is 3.10. The summed E-state index contributed by atoms with van der Waals surface area (Å²) in [5.41, 5.74) is 4.68. The van der Waals surface area contributed by atoms with Crippen LogP contribution in [0.5, 0.6) is 0 Å². The van der Waals surface area contributed by atoms with Gasteiger partial charge in [0.25, 0.3) is 0 Å². The van der Waals surface area contributed by atoms with Crippen LogP contribution in [0.2, 0.25) is 0 Å². The van der Waals surface area contributed by atoms with Gasteiger partial charge < -0.3 is 9.67 Å². The van der Waals surface area contributed by atoms with Crippen LogP contribution in [0.15, 0.2) is 55.0 Å². The highest BCUT2D eigenvalue weighted by atomic mass is 19.1. The Morgan fingerprint density at radius 2 is 2.05 bits per heavy atom. The molecule has 1 aliphatic heterocycles. The molecule has 1 aliphatic rings. The van der Waals surface area contributed by atoms with E-state index in [1.807, 2.05) is 29.0 Å². The van der Waals surface area contributed by atoms with Crippen molar-refractivity contribution >= 4 is 0 Å². The summed E-state index contributed by atoms with van der Waals surface area (Å²) >= 11 is 0. The highest BCUT2D eigenvalue weighted by Gasteiger charge is 2.29. The van der Waals surface area contributed by atoms with Crippen molar-refractivity contribution < 1.29 is 9.50 Å². The molecule has 0 saturated carbocycles. The summed E-state index contributed by atoms with van der Waals surface area (Å²) < 4.78 is 15.9. The maximum atomic E-state index is 13.8. The molecule has 3 nitrogen and oxygen atoms in total. The molecule has 0 amide bonds. The van der Waals surface area contributed by atoms with Crippen molar-refractivity contribution in [1.29, 1.82) is 0 Å². The van der Waals surface area contributed by atoms with Crippen LogP contribution in [0, 0.1) is 5.82 Å². The first-order valence-corrected chi connectivity index (χ1v) is 6.79. The van der Waals surface area contributed by atoms with Crippen molar-refractivity contribution in [2.24, 2.45) is 0 Å². The third-order valence-corrected chi connectivity index (χ3v) is 3.95. The van der Waals surface area contributed by atoms with Gasteiger partial charge in [0.15, 0.2) is 0 Å². The molecule has 0 radical (unpaired) electrons. The van der Waals surface area contributed by atoms with Gasteiger partial charge in [-0.15, -0.1) is 0 Å². The zero-order valence-electron chi connectivity index (χ0n) is 11.2. The van der Waals surface area contributed by atoms with E-state index in [9.17, 15) is 9.50 Å². The van der Waals surface area contributed by atoms with Gasteiger partial charge in [-0.25, -0.2) is 9.37 Å². The molecule has 21 heavy (non-hydrogen) atoms. The van der Waals surface area contributed by atoms with Crippen LogP contribution in [-0.4, -0.2) is 14.7 Å². The molecule has 0 bridgehead atoms. The lowest BCUT2D eigenvalue weighted by Crippen LogP contribution is -2.07. The first-order chi connectivity index (χ1) is 10.3. The smallest absolute Gasteiger partial charge is 0.123 e. The topological polar surface area (TPSA) is 38.1 Å². The quantitative estimate of drug-likeness (QED) is 0.612. The van der Waals surface area contributed by atoms with Crippen LogP contribution >= 0.6 is 0 Å². The molecule has 1 unspecified atom stereocenters. The number of halogens is 1. The summed E-state index contributed by atoms with van der Waals surface area (Å²) in [5.74, 6) is -0.331. The first-order valence-electron chi connectivity index (χ1n) is 6.79. The van der Waals surface area contributed by atoms with Gasteiger partial charge in [0.2, 0.25) is 0 Å². The Hall–Kier alpha value is -2.46. The molecule has 3 aromatic rings. The van der Waals surface area contributed by atoms with E-state index in [2.05, 4.69) is 17.1 Å². The van der Waals surface area contributed by atoms with Crippen LogP contribution in [0.25, 0.3) is 11.3 Å². The van der Waals surface area contributed by atoms with Crippen molar-refractivity contribution in [2.75, 3.05) is 0 Å². The second kappa shape index (κ2) is 4.53. The average Bonchev–Trinajstić information content (AvgIpc) is 3.06. The van der Waals surface area contributed by atoms with Gasteiger partial charge in [-0.1, -0.05) is 30.3 Å². The van der Waals surface area contributed by atoms with Crippen LogP contribution < -0.4 is 0 Å². The van der Waals surface area contributed by atoms with Crippen molar-refractivity contribution in [3.63, 3.8) is 0 Å². The molecule has 4 heteroatoms. The number of aliphatic hydroxyl groups excluding tert-OH is 1. The number of imidazole rings is 1. The fourth-order valence-electron chi connectivity index (χ4n) is 3.10. The summed E-state index contributed by atoms with van der Waals surface area (Å²) in [6.45, 7) is -0.171. The molecule has 1 aromatic heterocycles. The molecule has 2 aromatic carbocycles. The van der Waals surface area contributed by atoms with Gasteiger partial charge >= 0.3 is 0 Å². The summed E-state index contributed by atoms with van der Waals surface area (Å²) in [7, 11) is 0. The summed E-state index contributed by atoms with van der Waals surface area (Å²) in [6, 6.07) is 12.7. The first kappa shape index (κ1) is 12.3. The summed E-state index contributed by atoms with van der Waals surface area (Å²) in [4.78, 5) is 4.20. The van der Waals surface area contributed by atoms with E-state index in [1.54, 1.807) is 6.33 Å². The van der Waals surface area contributed by atoms with Gasteiger partial charge in [0.1, 0.15) is 5.82 Å². The molecule has 0 spiro atoms. The van der Waals surface area contributed by atoms with E-state index in [0.717, 1.165) is 22.4 Å². The minimum absolute atomic E-state index is 0.0975. The molecule has 1 atom stereocenters. The molecular formula is C17H13FN2O. The number of aromatic nitrogens is 2. The zero-order valence-corrected chi connectivity index (χ0v) is 11.2. The number of hydrogen-bond acceptors (Lipinski definition) is 2. The van der Waals surface area contributed by atoms with E-state index in [1.165, 1.54) is 12.1 Å². The normalized spacial score (nSPS) is 15.8. The number of aliphatic hydroxyl groups is 1. The summed E-state index contributed by atoms with van der Waals surface area (Å²) in [5, 5.41) is 9.29. The van der Waals surface area contributed by atoms with E-state index in [4.69, 9.17) is 0 Å². The Labute approximate surface area is 121 Å². The number of rotatable bonds is 2. The zero-order chi connectivity index (χ0) is 14.4. The third kappa shape index (κ3) is 1.80. The molecule has 0 aliphatic carbocycles. The average molecular weight is 280 g/mol. The molecule has 2 heterocycles. The Kier molecular flexibility index (Phi) is 2.65. The second-order valence-electron chi connectivity index (χ2n) is 5.23. The number of hydrogen-bond donors (Lipinski definition) is 1. The van der Waals surface area contributed by atoms with Gasteiger partial charge in [0.05, 0.1) is 30.9 Å². The lowest BCUT2D eigenvalue weighted by atomic mass is 9.96. The van der Waals surface area contributed by atoms with Crippen LogP contribution in [0.4, 0.5) is 4.39 Å². The SMILES string of the molecule is OCc1cc(F)cc(C2c3ccccc3-c3cncn32)c1. The molecule has 104 valence electrons. The van der Waals surface area contributed by atoms with Gasteiger partial charge in [-0.2, -0.15) is 0 Å². The Balaban J connectivity index is 1.95. The molecule has 4 rings (SSSR count). The Bertz CT molecular complexity index is 825. The highest BCUT2D eigenvalue weighted by molar-refractivity contribution is 5.70. The van der Waals surface area contributed by atoms with E-state index in [0.29, 0.717) is 5.56 Å².